The molecule has 2 unspecified atom stereocenters. The molecule has 2 atom stereocenters. The number of thiophene rings is 1. The van der Waals surface area contributed by atoms with Crippen molar-refractivity contribution < 1.29 is 4.74 Å². The zero-order chi connectivity index (χ0) is 19.0. The lowest BCUT2D eigenvalue weighted by Gasteiger charge is -2.29. The number of allylic oxidation sites excluding steroid dienone is 2. The molecule has 3 rings (SSSR count). The minimum Gasteiger partial charge on any atom is -0.497 e. The summed E-state index contributed by atoms with van der Waals surface area (Å²) in [6, 6.07) is 2.82. The fraction of sp³-hybridized carbons (Fsp3) is 0.429. The molecular weight excluding hydrogens is 342 g/mol. The van der Waals surface area contributed by atoms with E-state index in [1.54, 1.807) is 0 Å². The minimum atomic E-state index is 0.0680. The molecule has 0 fully saturated rings. The molecule has 5 heteroatoms. The summed E-state index contributed by atoms with van der Waals surface area (Å²) in [5.41, 5.74) is 3.76. The number of hydrogen-bond donors (Lipinski definition) is 0. The van der Waals surface area contributed by atoms with Crippen LogP contribution in [0.5, 0.6) is 0 Å². The van der Waals surface area contributed by atoms with E-state index in [9.17, 15) is 0 Å². The maximum absolute atomic E-state index is 5.65. The van der Waals surface area contributed by atoms with Gasteiger partial charge in [-0.2, -0.15) is 0 Å². The van der Waals surface area contributed by atoms with Crippen LogP contribution in [-0.4, -0.2) is 54.8 Å². The molecule has 4 nitrogen and oxygen atoms in total. The van der Waals surface area contributed by atoms with Gasteiger partial charge in [0, 0.05) is 54.3 Å². The highest BCUT2D eigenvalue weighted by Gasteiger charge is 2.31. The summed E-state index contributed by atoms with van der Waals surface area (Å²) in [5.74, 6) is 0.790. The van der Waals surface area contributed by atoms with E-state index in [1.165, 1.54) is 26.6 Å². The van der Waals surface area contributed by atoms with Crippen molar-refractivity contribution in [3.8, 4) is 0 Å². The zero-order valence-electron chi connectivity index (χ0n) is 16.6. The first-order valence-corrected chi connectivity index (χ1v) is 9.88. The van der Waals surface area contributed by atoms with Crippen LogP contribution in [0.15, 0.2) is 42.8 Å². The largest absolute Gasteiger partial charge is 0.497 e. The summed E-state index contributed by atoms with van der Waals surface area (Å²) >= 11 is 1.85. The Morgan fingerprint density at radius 2 is 2.04 bits per heavy atom. The maximum Gasteiger partial charge on any atom is 0.112 e. The lowest BCUT2D eigenvalue weighted by molar-refractivity contribution is 0.0653. The molecule has 140 valence electrons. The Kier molecular flexibility index (Phi) is 5.30. The van der Waals surface area contributed by atoms with Gasteiger partial charge in [-0.25, -0.2) is 5.01 Å². The van der Waals surface area contributed by atoms with Crippen LogP contribution in [0.25, 0.3) is 11.3 Å². The van der Waals surface area contributed by atoms with Crippen LogP contribution in [0.4, 0.5) is 0 Å². The first kappa shape index (κ1) is 18.8. The van der Waals surface area contributed by atoms with Crippen molar-refractivity contribution in [2.75, 3.05) is 27.7 Å². The van der Waals surface area contributed by atoms with Crippen molar-refractivity contribution in [2.24, 2.45) is 0 Å². The van der Waals surface area contributed by atoms with Crippen LogP contribution < -0.4 is 0 Å². The van der Waals surface area contributed by atoms with Gasteiger partial charge in [-0.3, -0.25) is 0 Å². The Balaban J connectivity index is 1.92. The highest BCUT2D eigenvalue weighted by atomic mass is 32.1. The third-order valence-electron chi connectivity index (χ3n) is 5.22. The quantitative estimate of drug-likeness (QED) is 0.717. The maximum atomic E-state index is 5.65. The molecule has 0 N–H and O–H groups in total. The van der Waals surface area contributed by atoms with Crippen LogP contribution in [0.1, 0.15) is 29.2 Å². The van der Waals surface area contributed by atoms with Crippen LogP contribution >= 0.6 is 11.3 Å². The molecule has 1 aromatic rings. The highest BCUT2D eigenvalue weighted by molar-refractivity contribution is 7.13. The third-order valence-corrected chi connectivity index (χ3v) is 6.32. The number of rotatable bonds is 5. The van der Waals surface area contributed by atoms with E-state index in [-0.39, 0.29) is 6.04 Å². The second-order valence-electron chi connectivity index (χ2n) is 6.92. The van der Waals surface area contributed by atoms with Gasteiger partial charge in [0.1, 0.15) is 11.8 Å². The van der Waals surface area contributed by atoms with Crippen LogP contribution in [-0.2, 0) is 4.74 Å². The predicted molar refractivity (Wildman–Crippen MR) is 111 cm³/mol. The van der Waals surface area contributed by atoms with Crippen molar-refractivity contribution in [1.29, 1.82) is 0 Å². The Morgan fingerprint density at radius 1 is 1.31 bits per heavy atom. The van der Waals surface area contributed by atoms with Gasteiger partial charge in [0.25, 0.3) is 0 Å². The van der Waals surface area contributed by atoms with Crippen molar-refractivity contribution in [3.63, 3.8) is 0 Å². The molecule has 0 bridgehead atoms. The molecule has 0 aromatic carbocycles. The van der Waals surface area contributed by atoms with E-state index in [1.807, 2.05) is 18.3 Å². The summed E-state index contributed by atoms with van der Waals surface area (Å²) in [7, 11) is 6.29. The summed E-state index contributed by atoms with van der Waals surface area (Å²) in [5, 5.41) is 4.35. The van der Waals surface area contributed by atoms with E-state index >= 15 is 0 Å². The van der Waals surface area contributed by atoms with Crippen LogP contribution in [0.3, 0.4) is 0 Å². The first-order chi connectivity index (χ1) is 12.3. The fourth-order valence-corrected chi connectivity index (χ4v) is 4.36. The van der Waals surface area contributed by atoms with E-state index in [0.29, 0.717) is 12.6 Å². The second-order valence-corrected chi connectivity index (χ2v) is 8.18. The second kappa shape index (κ2) is 7.33. The van der Waals surface area contributed by atoms with Crippen LogP contribution in [0.2, 0.25) is 0 Å². The number of hydrogen-bond acceptors (Lipinski definition) is 5. The number of ether oxygens (including phenoxy) is 1. The van der Waals surface area contributed by atoms with Gasteiger partial charge in [-0.1, -0.05) is 18.7 Å². The van der Waals surface area contributed by atoms with Gasteiger partial charge < -0.3 is 14.6 Å². The van der Waals surface area contributed by atoms with Gasteiger partial charge in [0.2, 0.25) is 0 Å². The smallest absolute Gasteiger partial charge is 0.112 e. The van der Waals surface area contributed by atoms with Crippen LogP contribution in [0, 0.1) is 6.92 Å². The SMILES string of the molecule is C=C(OCC)C1C=C(c2cc(C3=CN(C)C(C)C=C3)sc2C)N(C)N1C. The van der Waals surface area contributed by atoms with Crippen molar-refractivity contribution in [1.82, 2.24) is 14.9 Å². The van der Waals surface area contributed by atoms with E-state index in [0.717, 1.165) is 5.76 Å². The van der Waals surface area contributed by atoms with Gasteiger partial charge in [0.15, 0.2) is 0 Å². The topological polar surface area (TPSA) is 19.0 Å². The monoisotopic (exact) mass is 371 g/mol. The lowest BCUT2D eigenvalue weighted by atomic mass is 10.1. The van der Waals surface area contributed by atoms with Crippen molar-refractivity contribution in [3.05, 3.63) is 58.2 Å². The summed E-state index contributed by atoms with van der Waals surface area (Å²) in [4.78, 5) is 4.88. The fourth-order valence-electron chi connectivity index (χ4n) is 3.34. The average molecular weight is 372 g/mol. The molecule has 0 saturated carbocycles. The Hall–Kier alpha value is -1.98. The summed E-state index contributed by atoms with van der Waals surface area (Å²) in [6.07, 6.45) is 8.97. The minimum absolute atomic E-state index is 0.0680. The molecule has 2 aliphatic heterocycles. The summed E-state index contributed by atoms with van der Waals surface area (Å²) in [6.45, 7) is 11.1. The van der Waals surface area contributed by atoms with Gasteiger partial charge >= 0.3 is 0 Å². The Bertz CT molecular complexity index is 789. The molecule has 0 spiro atoms. The van der Waals surface area contributed by atoms with E-state index in [4.69, 9.17) is 4.74 Å². The molecular formula is C21H29N3OS. The predicted octanol–water partition coefficient (Wildman–Crippen LogP) is 4.34. The molecule has 3 heterocycles. The normalized spacial score (nSPS) is 23.3. The first-order valence-electron chi connectivity index (χ1n) is 9.06. The standard InChI is InChI=1S/C21H29N3OS/c1-8-25-15(3)19-12-20(24(7)23(19)6)18-11-21(26-16(18)4)17-10-9-14(2)22(5)13-17/h9-14,19H,3,8H2,1-2,4-7H3. The lowest BCUT2D eigenvalue weighted by Crippen LogP contribution is -2.37. The molecule has 0 amide bonds. The molecule has 0 aliphatic carbocycles. The van der Waals surface area contributed by atoms with Crippen molar-refractivity contribution in [2.45, 2.75) is 32.9 Å². The summed E-state index contributed by atoms with van der Waals surface area (Å²) < 4.78 is 5.65. The molecule has 2 aliphatic rings. The number of hydrazine groups is 1. The van der Waals surface area contributed by atoms with Gasteiger partial charge in [0.05, 0.1) is 12.3 Å². The number of aryl methyl sites for hydroxylation is 1. The van der Waals surface area contributed by atoms with Gasteiger partial charge in [-0.05, 0) is 32.9 Å². The highest BCUT2D eigenvalue weighted by Crippen LogP contribution is 2.38. The third kappa shape index (κ3) is 3.33. The molecule has 1 aromatic heterocycles. The molecule has 0 radical (unpaired) electrons. The molecule has 26 heavy (non-hydrogen) atoms. The van der Waals surface area contributed by atoms with E-state index in [2.05, 4.69) is 87.0 Å². The Labute approximate surface area is 161 Å². The number of nitrogens with zero attached hydrogens (tertiary/aromatic N) is 3. The van der Waals surface area contributed by atoms with E-state index < -0.39 is 0 Å². The zero-order valence-corrected chi connectivity index (χ0v) is 17.4. The molecule has 0 saturated heterocycles. The van der Waals surface area contributed by atoms with Gasteiger partial charge in [-0.15, -0.1) is 11.3 Å². The average Bonchev–Trinajstić information content (AvgIpc) is 3.11. The van der Waals surface area contributed by atoms with Crippen molar-refractivity contribution >= 4 is 22.6 Å². The Morgan fingerprint density at radius 3 is 2.69 bits per heavy atom. The number of likely N-dealkylation sites (N-methyl/N-ethyl adjacent to an activating group) is 2.